The average molecular weight is 232 g/mol. The molecule has 0 aliphatic carbocycles. The Balaban J connectivity index is 2.64. The number of carbonyl (C=O) groups is 1. The van der Waals surface area contributed by atoms with Crippen molar-refractivity contribution in [1.29, 1.82) is 0 Å². The fraction of sp³-hybridized carbons (Fsp3) is 0.273. The monoisotopic (exact) mass is 232 g/mol. The number of aromatic nitrogens is 1. The highest BCUT2D eigenvalue weighted by Crippen LogP contribution is 2.32. The Morgan fingerprint density at radius 3 is 2.81 bits per heavy atom. The van der Waals surface area contributed by atoms with E-state index in [9.17, 15) is 9.59 Å². The van der Waals surface area contributed by atoms with Gasteiger partial charge >= 0.3 is 0 Å². The maximum Gasteiger partial charge on any atom is 0.252 e. The van der Waals surface area contributed by atoms with Crippen LogP contribution >= 0.6 is 0 Å². The fourth-order valence-electron chi connectivity index (χ4n) is 2.34. The Bertz CT molecular complexity index is 545. The van der Waals surface area contributed by atoms with E-state index in [0.29, 0.717) is 5.56 Å². The van der Waals surface area contributed by atoms with Crippen LogP contribution in [-0.4, -0.2) is 27.1 Å². The first-order valence-corrected chi connectivity index (χ1v) is 6.38. The molecule has 1 atom stereocenters. The van der Waals surface area contributed by atoms with Gasteiger partial charge in [0.2, 0.25) is 16.3 Å². The summed E-state index contributed by atoms with van der Waals surface area (Å²) in [5.41, 5.74) is 3.04. The van der Waals surface area contributed by atoms with E-state index in [0.717, 1.165) is 33.2 Å². The van der Waals surface area contributed by atoms with Gasteiger partial charge in [-0.25, -0.2) is 0 Å². The van der Waals surface area contributed by atoms with Crippen LogP contribution in [0.1, 0.15) is 24.2 Å². The van der Waals surface area contributed by atoms with Crippen molar-refractivity contribution in [2.45, 2.75) is 18.6 Å². The van der Waals surface area contributed by atoms with Gasteiger partial charge < -0.3 is 10.3 Å². The largest absolute Gasteiger partial charge is 0.358 e. The Kier molecular flexibility index (Phi) is 2.75. The molecule has 0 aromatic carbocycles. The van der Waals surface area contributed by atoms with Gasteiger partial charge in [-0.05, 0) is 24.7 Å². The van der Waals surface area contributed by atoms with Crippen LogP contribution < -0.4 is 10.9 Å². The summed E-state index contributed by atoms with van der Waals surface area (Å²) in [6, 6.07) is 1.84. The van der Waals surface area contributed by atoms with Gasteiger partial charge in [0.25, 0.3) is 5.56 Å². The molecular weight excluding hydrogens is 219 g/mol. The lowest BCUT2D eigenvalue weighted by molar-refractivity contribution is -0.113. The van der Waals surface area contributed by atoms with Crippen LogP contribution in [0.5, 0.6) is 0 Å². The van der Waals surface area contributed by atoms with E-state index in [4.69, 9.17) is 0 Å². The maximum atomic E-state index is 11.7. The molecule has 0 fully saturated rings. The molecule has 0 radical (unpaired) electrons. The molecule has 0 saturated heterocycles. The van der Waals surface area contributed by atoms with E-state index in [1.165, 1.54) is 0 Å². The fourth-order valence-corrected chi connectivity index (χ4v) is 3.75. The van der Waals surface area contributed by atoms with Gasteiger partial charge in [0.1, 0.15) is 0 Å². The number of carbonyl (C=O) groups excluding carboxylic acids is 1. The predicted octanol–water partition coefficient (Wildman–Crippen LogP) is 0.338. The van der Waals surface area contributed by atoms with Crippen molar-refractivity contribution in [1.82, 2.24) is 4.98 Å². The summed E-state index contributed by atoms with van der Waals surface area (Å²) in [6.07, 6.45) is 1.62. The molecule has 0 saturated carbocycles. The number of allylic oxidation sites excluding steroid dienone is 2. The lowest BCUT2D eigenvalue weighted by Crippen LogP contribution is -2.27. The third-order valence-corrected chi connectivity index (χ3v) is 4.13. The minimum absolute atomic E-state index is 0.0151. The zero-order valence-electron chi connectivity index (χ0n) is 9.55. The number of pyridine rings is 1. The molecule has 1 unspecified atom stereocenters. The number of ketones is 1. The quantitative estimate of drug-likeness (QED) is 0.686. The van der Waals surface area contributed by atoms with Gasteiger partial charge in [0.15, 0.2) is 5.78 Å². The second-order valence-electron chi connectivity index (χ2n) is 4.08. The van der Waals surface area contributed by atoms with Crippen LogP contribution in [0.25, 0.3) is 0 Å². The highest BCUT2D eigenvalue weighted by molar-refractivity contribution is 6.20. The molecule has 2 rings (SSSR count). The number of rotatable bonds is 1. The van der Waals surface area contributed by atoms with E-state index in [1.807, 2.05) is 13.0 Å². The third kappa shape index (κ3) is 1.62. The summed E-state index contributed by atoms with van der Waals surface area (Å²) in [7, 11) is 0. The van der Waals surface area contributed by atoms with Gasteiger partial charge in [0, 0.05) is 28.7 Å². The highest BCUT2D eigenvalue weighted by Gasteiger charge is 2.27. The third-order valence-electron chi connectivity index (χ3n) is 2.97. The Hall–Kier alpha value is -1.31. The maximum absolute atomic E-state index is 11.7. The van der Waals surface area contributed by atoms with Crippen LogP contribution in [0, 0.1) is 0 Å². The molecule has 2 N–H and O–H groups in total. The van der Waals surface area contributed by atoms with Crippen molar-refractivity contribution in [2.24, 2.45) is 0 Å². The van der Waals surface area contributed by atoms with Gasteiger partial charge in [0.05, 0.1) is 0 Å². The SMILES string of the molecule is CC(=O)C1=C(C)Nc2cc[nH]c(=O)c2[CH]1[AlH2]. The average Bonchev–Trinajstić information content (AvgIpc) is 2.15. The number of hydrogen-bond acceptors (Lipinski definition) is 3. The summed E-state index contributed by atoms with van der Waals surface area (Å²) in [5, 5.41) is 3.12. The number of fused-ring (bicyclic) bond motifs is 1. The van der Waals surface area contributed by atoms with Crippen LogP contribution in [0.3, 0.4) is 0 Å². The molecule has 0 spiro atoms. The molecule has 1 aliphatic rings. The van der Waals surface area contributed by atoms with E-state index in [2.05, 4.69) is 10.3 Å². The molecule has 2 heterocycles. The van der Waals surface area contributed by atoms with Crippen molar-refractivity contribution < 1.29 is 4.79 Å². The van der Waals surface area contributed by atoms with Crippen molar-refractivity contribution in [3.63, 3.8) is 0 Å². The zero-order chi connectivity index (χ0) is 11.9. The summed E-state index contributed by atoms with van der Waals surface area (Å²) in [4.78, 5) is 26.0. The smallest absolute Gasteiger partial charge is 0.252 e. The van der Waals surface area contributed by atoms with E-state index in [1.54, 1.807) is 13.1 Å². The van der Waals surface area contributed by atoms with Gasteiger partial charge in [-0.1, -0.05) is 0 Å². The molecule has 1 aromatic rings. The first kappa shape index (κ1) is 11.2. The van der Waals surface area contributed by atoms with Crippen LogP contribution in [0.4, 0.5) is 5.69 Å². The molecule has 1 aromatic heterocycles. The molecular formula is C11H13AlN2O2. The number of H-pyrrole nitrogens is 1. The normalized spacial score (nSPS) is 19.0. The molecule has 1 aliphatic heterocycles. The number of nitrogens with one attached hydrogen (secondary N) is 2. The second kappa shape index (κ2) is 3.93. The minimum atomic E-state index is -0.101. The van der Waals surface area contributed by atoms with E-state index < -0.39 is 0 Å². The first-order valence-electron chi connectivity index (χ1n) is 5.22. The summed E-state index contributed by atoms with van der Waals surface area (Å²) < 4.78 is -0.0151. The summed E-state index contributed by atoms with van der Waals surface area (Å²) in [6.45, 7) is 3.43. The van der Waals surface area contributed by atoms with Gasteiger partial charge in [-0.15, -0.1) is 0 Å². The Labute approximate surface area is 101 Å². The van der Waals surface area contributed by atoms with Crippen molar-refractivity contribution in [3.8, 4) is 0 Å². The number of Topliss-reactive ketones (excluding diaryl/α,β-unsaturated/α-hetero) is 1. The van der Waals surface area contributed by atoms with E-state index >= 15 is 0 Å². The van der Waals surface area contributed by atoms with Crippen molar-refractivity contribution in [3.05, 3.63) is 39.5 Å². The molecule has 0 amide bonds. The number of hydrogen-bond donors (Lipinski definition) is 2. The van der Waals surface area contributed by atoms with E-state index in [-0.39, 0.29) is 16.1 Å². The lowest BCUT2D eigenvalue weighted by Gasteiger charge is -2.26. The molecule has 16 heavy (non-hydrogen) atoms. The Morgan fingerprint density at radius 1 is 1.50 bits per heavy atom. The summed E-state index contributed by atoms with van der Waals surface area (Å²) >= 11 is 0.756. The molecule has 82 valence electrons. The molecule has 4 nitrogen and oxygen atoms in total. The molecule has 0 bridgehead atoms. The second-order valence-corrected chi connectivity index (χ2v) is 5.23. The topological polar surface area (TPSA) is 62.0 Å². The van der Waals surface area contributed by atoms with Gasteiger partial charge in [-0.2, -0.15) is 0 Å². The van der Waals surface area contributed by atoms with Crippen molar-refractivity contribution >= 4 is 27.8 Å². The summed E-state index contributed by atoms with van der Waals surface area (Å²) in [5.74, 6) is 0.0407. The number of aromatic amines is 1. The van der Waals surface area contributed by atoms with Crippen LogP contribution in [0.2, 0.25) is 0 Å². The number of anilines is 1. The zero-order valence-corrected chi connectivity index (χ0v) is 11.5. The minimum Gasteiger partial charge on any atom is -0.358 e. The molecule has 5 heteroatoms. The van der Waals surface area contributed by atoms with Gasteiger partial charge in [-0.3, -0.25) is 9.59 Å². The predicted molar refractivity (Wildman–Crippen MR) is 65.4 cm³/mol. The highest BCUT2D eigenvalue weighted by atomic mass is 27.0. The van der Waals surface area contributed by atoms with Crippen LogP contribution in [-0.2, 0) is 4.79 Å². The first-order chi connectivity index (χ1) is 7.52. The Morgan fingerprint density at radius 2 is 2.19 bits per heavy atom. The lowest BCUT2D eigenvalue weighted by atomic mass is 9.96. The standard InChI is InChI=1S/C11H11N2O2.Al.2H/c1-6-8(7(2)14)5-9-10(13-6)3-4-12-11(9)15;;;/h3-5,13H,1-2H3,(H,12,15);;;. The van der Waals surface area contributed by atoms with Crippen LogP contribution in [0.15, 0.2) is 28.3 Å². The van der Waals surface area contributed by atoms with Crippen molar-refractivity contribution in [2.75, 3.05) is 5.32 Å².